The summed E-state index contributed by atoms with van der Waals surface area (Å²) in [5.41, 5.74) is 0. The van der Waals surface area contributed by atoms with Crippen molar-refractivity contribution < 1.29 is 4.74 Å². The molecule has 0 atom stereocenters. The zero-order valence-electron chi connectivity index (χ0n) is 9.14. The van der Waals surface area contributed by atoms with E-state index in [1.807, 2.05) is 6.92 Å². The minimum Gasteiger partial charge on any atom is -0.464 e. The van der Waals surface area contributed by atoms with E-state index in [1.165, 1.54) is 0 Å². The van der Waals surface area contributed by atoms with Crippen molar-refractivity contribution in [1.82, 2.24) is 24.9 Å². The van der Waals surface area contributed by atoms with E-state index in [2.05, 4.69) is 30.2 Å². The molecule has 2 aromatic heterocycles. The molecule has 0 aliphatic heterocycles. The molecule has 0 aliphatic rings. The molecular weight excluding hydrogens is 244 g/mol. The highest BCUT2D eigenvalue weighted by molar-refractivity contribution is 6.28. The van der Waals surface area contributed by atoms with E-state index >= 15 is 0 Å². The number of aromatic nitrogens is 5. The molecule has 90 valence electrons. The van der Waals surface area contributed by atoms with Crippen LogP contribution in [0.1, 0.15) is 12.7 Å². The van der Waals surface area contributed by atoms with Crippen LogP contribution in [0.5, 0.6) is 6.01 Å². The molecule has 2 rings (SSSR count). The molecule has 2 heterocycles. The van der Waals surface area contributed by atoms with E-state index in [0.29, 0.717) is 19.1 Å². The van der Waals surface area contributed by atoms with Crippen LogP contribution < -0.4 is 10.1 Å². The molecule has 0 radical (unpaired) electrons. The van der Waals surface area contributed by atoms with Gasteiger partial charge in [0.25, 0.3) is 0 Å². The van der Waals surface area contributed by atoms with E-state index in [-0.39, 0.29) is 11.3 Å². The molecular formula is C9H11ClN6O. The van der Waals surface area contributed by atoms with Crippen molar-refractivity contribution in [3.8, 4) is 6.01 Å². The quantitative estimate of drug-likeness (QED) is 0.835. The Labute approximate surface area is 103 Å². The number of anilines is 1. The van der Waals surface area contributed by atoms with Crippen LogP contribution in [0.4, 0.5) is 5.95 Å². The Balaban J connectivity index is 2.04. The Morgan fingerprint density at radius 3 is 3.00 bits per heavy atom. The van der Waals surface area contributed by atoms with Crippen molar-refractivity contribution in [2.45, 2.75) is 13.5 Å². The highest BCUT2D eigenvalue weighted by atomic mass is 35.5. The summed E-state index contributed by atoms with van der Waals surface area (Å²) in [7, 11) is 0. The Morgan fingerprint density at radius 2 is 2.29 bits per heavy atom. The average molecular weight is 255 g/mol. The fourth-order valence-electron chi connectivity index (χ4n) is 1.16. The second-order valence-corrected chi connectivity index (χ2v) is 3.37. The maximum atomic E-state index is 5.74. The van der Waals surface area contributed by atoms with Crippen LogP contribution in [-0.2, 0) is 6.54 Å². The predicted octanol–water partition coefficient (Wildman–Crippen LogP) is 1.26. The molecule has 0 unspecified atom stereocenters. The Morgan fingerprint density at radius 1 is 1.41 bits per heavy atom. The lowest BCUT2D eigenvalue weighted by Crippen LogP contribution is -2.07. The van der Waals surface area contributed by atoms with Gasteiger partial charge < -0.3 is 15.0 Å². The number of imidazole rings is 1. The van der Waals surface area contributed by atoms with E-state index in [9.17, 15) is 0 Å². The molecule has 0 spiro atoms. The maximum Gasteiger partial charge on any atom is 0.322 e. The van der Waals surface area contributed by atoms with Crippen molar-refractivity contribution in [3.05, 3.63) is 23.5 Å². The summed E-state index contributed by atoms with van der Waals surface area (Å²) in [6.45, 7) is 2.78. The first-order chi connectivity index (χ1) is 8.28. The van der Waals surface area contributed by atoms with Gasteiger partial charge in [-0.2, -0.15) is 15.0 Å². The number of H-pyrrole nitrogens is 1. The van der Waals surface area contributed by atoms with Crippen LogP contribution in [0.15, 0.2) is 12.4 Å². The lowest BCUT2D eigenvalue weighted by atomic mass is 10.6. The Hall–Kier alpha value is -1.89. The molecule has 0 saturated heterocycles. The first kappa shape index (κ1) is 11.6. The van der Waals surface area contributed by atoms with Gasteiger partial charge in [0, 0.05) is 12.4 Å². The number of halogens is 1. The van der Waals surface area contributed by atoms with E-state index in [1.54, 1.807) is 12.4 Å². The fourth-order valence-corrected chi connectivity index (χ4v) is 1.31. The van der Waals surface area contributed by atoms with Crippen LogP contribution in [-0.4, -0.2) is 31.5 Å². The molecule has 8 heteroatoms. The number of rotatable bonds is 5. The topological polar surface area (TPSA) is 88.6 Å². The van der Waals surface area contributed by atoms with Crippen molar-refractivity contribution in [1.29, 1.82) is 0 Å². The largest absolute Gasteiger partial charge is 0.464 e. The summed E-state index contributed by atoms with van der Waals surface area (Å²) < 4.78 is 5.15. The van der Waals surface area contributed by atoms with Crippen LogP contribution in [0.3, 0.4) is 0 Å². The Kier molecular flexibility index (Phi) is 3.71. The zero-order chi connectivity index (χ0) is 12.1. The van der Waals surface area contributed by atoms with E-state index in [4.69, 9.17) is 16.3 Å². The molecule has 17 heavy (non-hydrogen) atoms. The van der Waals surface area contributed by atoms with Crippen LogP contribution in [0.25, 0.3) is 0 Å². The summed E-state index contributed by atoms with van der Waals surface area (Å²) in [5.74, 6) is 1.13. The van der Waals surface area contributed by atoms with Gasteiger partial charge in [0.15, 0.2) is 0 Å². The van der Waals surface area contributed by atoms with Gasteiger partial charge in [-0.1, -0.05) is 0 Å². The second kappa shape index (κ2) is 5.44. The number of hydrogen-bond donors (Lipinski definition) is 2. The first-order valence-electron chi connectivity index (χ1n) is 5.04. The molecule has 0 amide bonds. The standard InChI is InChI=1S/C9H11ClN6O/c1-2-17-9-15-7(10)14-8(16-9)13-5-6-11-3-4-12-6/h3-4H,2,5H2,1H3,(H,11,12)(H,13,14,15,16). The third-order valence-corrected chi connectivity index (χ3v) is 2.00. The summed E-state index contributed by atoms with van der Waals surface area (Å²) in [6.07, 6.45) is 3.41. The molecule has 0 saturated carbocycles. The van der Waals surface area contributed by atoms with Crippen LogP contribution >= 0.6 is 11.6 Å². The number of aromatic amines is 1. The summed E-state index contributed by atoms with van der Waals surface area (Å²) in [4.78, 5) is 18.8. The van der Waals surface area contributed by atoms with Crippen molar-refractivity contribution in [3.63, 3.8) is 0 Å². The SMILES string of the molecule is CCOc1nc(Cl)nc(NCc2ncc[nH]2)n1. The fraction of sp³-hybridized carbons (Fsp3) is 0.333. The van der Waals surface area contributed by atoms with Gasteiger partial charge >= 0.3 is 6.01 Å². The zero-order valence-corrected chi connectivity index (χ0v) is 9.90. The second-order valence-electron chi connectivity index (χ2n) is 3.03. The Bertz CT molecular complexity index is 474. The molecule has 0 bridgehead atoms. The van der Waals surface area contributed by atoms with Gasteiger partial charge in [-0.05, 0) is 18.5 Å². The molecule has 2 N–H and O–H groups in total. The highest BCUT2D eigenvalue weighted by Crippen LogP contribution is 2.11. The molecule has 2 aromatic rings. The van der Waals surface area contributed by atoms with Gasteiger partial charge in [0.1, 0.15) is 5.82 Å². The summed E-state index contributed by atoms with van der Waals surface area (Å²) in [6, 6.07) is 0.203. The van der Waals surface area contributed by atoms with Crippen molar-refractivity contribution in [2.24, 2.45) is 0 Å². The number of hydrogen-bond acceptors (Lipinski definition) is 6. The molecule has 0 aromatic carbocycles. The number of nitrogens with one attached hydrogen (secondary N) is 2. The monoisotopic (exact) mass is 254 g/mol. The first-order valence-corrected chi connectivity index (χ1v) is 5.42. The average Bonchev–Trinajstić information content (AvgIpc) is 2.79. The van der Waals surface area contributed by atoms with Gasteiger partial charge in [-0.25, -0.2) is 4.98 Å². The summed E-state index contributed by atoms with van der Waals surface area (Å²) in [5, 5.41) is 3.05. The van der Waals surface area contributed by atoms with Crippen LogP contribution in [0.2, 0.25) is 5.28 Å². The van der Waals surface area contributed by atoms with Gasteiger partial charge in [0.2, 0.25) is 11.2 Å². The van der Waals surface area contributed by atoms with Crippen molar-refractivity contribution in [2.75, 3.05) is 11.9 Å². The predicted molar refractivity (Wildman–Crippen MR) is 61.9 cm³/mol. The number of nitrogens with zero attached hydrogens (tertiary/aromatic N) is 4. The van der Waals surface area contributed by atoms with E-state index in [0.717, 1.165) is 5.82 Å². The maximum absolute atomic E-state index is 5.74. The van der Waals surface area contributed by atoms with Crippen LogP contribution in [0, 0.1) is 0 Å². The minimum atomic E-state index is 0.0883. The third-order valence-electron chi connectivity index (χ3n) is 1.83. The molecule has 0 fully saturated rings. The van der Waals surface area contributed by atoms with Crippen molar-refractivity contribution >= 4 is 17.5 Å². The number of ether oxygens (including phenoxy) is 1. The highest BCUT2D eigenvalue weighted by Gasteiger charge is 2.05. The van der Waals surface area contributed by atoms with Gasteiger partial charge in [-0.15, -0.1) is 0 Å². The molecule has 7 nitrogen and oxygen atoms in total. The van der Waals surface area contributed by atoms with E-state index < -0.39 is 0 Å². The minimum absolute atomic E-state index is 0.0883. The smallest absolute Gasteiger partial charge is 0.322 e. The van der Waals surface area contributed by atoms with Gasteiger partial charge in [0.05, 0.1) is 13.2 Å². The third kappa shape index (κ3) is 3.28. The van der Waals surface area contributed by atoms with Gasteiger partial charge in [-0.3, -0.25) is 0 Å². The summed E-state index contributed by atoms with van der Waals surface area (Å²) >= 11 is 5.74. The normalized spacial score (nSPS) is 10.2. The lowest BCUT2D eigenvalue weighted by molar-refractivity contribution is 0.312. The lowest BCUT2D eigenvalue weighted by Gasteiger charge is -2.05. The molecule has 0 aliphatic carbocycles.